The molecule has 0 aliphatic heterocycles. The summed E-state index contributed by atoms with van der Waals surface area (Å²) >= 11 is 0. The van der Waals surface area contributed by atoms with Crippen LogP contribution in [-0.4, -0.2) is 56.3 Å². The van der Waals surface area contributed by atoms with E-state index in [1.54, 1.807) is 7.05 Å². The van der Waals surface area contributed by atoms with Crippen molar-refractivity contribution in [1.29, 1.82) is 0 Å². The second-order valence-electron chi connectivity index (χ2n) is 14.2. The Kier molecular flexibility index (Phi) is 41.2. The van der Waals surface area contributed by atoms with Gasteiger partial charge < -0.3 is 19.7 Å². The Labute approximate surface area is 353 Å². The van der Waals surface area contributed by atoms with Crippen molar-refractivity contribution in [2.24, 2.45) is 0 Å². The van der Waals surface area contributed by atoms with Crippen LogP contribution in [0.2, 0.25) is 0 Å². The van der Waals surface area contributed by atoms with Crippen molar-refractivity contribution < 1.29 is 37.6 Å². The maximum Gasteiger partial charge on any atom is 0.472 e. The molecular formula is C48H80NO8P. The highest BCUT2D eigenvalue weighted by Crippen LogP contribution is 2.43. The van der Waals surface area contributed by atoms with E-state index >= 15 is 0 Å². The number of phosphoric ester groups is 1. The van der Waals surface area contributed by atoms with Crippen molar-refractivity contribution in [2.45, 2.75) is 161 Å². The molecule has 2 atom stereocenters. The first-order valence-corrected chi connectivity index (χ1v) is 23.7. The van der Waals surface area contributed by atoms with Crippen molar-refractivity contribution in [3.8, 4) is 0 Å². The van der Waals surface area contributed by atoms with Crippen molar-refractivity contribution in [3.05, 3.63) is 97.2 Å². The number of hydrogen-bond donors (Lipinski definition) is 2. The Balaban J connectivity index is 4.44. The maximum absolute atomic E-state index is 12.6. The summed E-state index contributed by atoms with van der Waals surface area (Å²) in [7, 11) is -2.70. The standard InChI is InChI=1S/C48H80NO8P/c1-4-6-8-10-12-14-16-18-20-22-23-25-26-28-30-32-34-36-38-40-47(50)54-44-46(45-56-58(52,53)55-43-42-49-3)57-48(51)41-39-37-35-33-31-29-27-24-21-19-17-15-13-11-9-7-5-2/h12,14,18-21,23,25,27-30,33-36,46,49H,4-11,13,15-17,22,24,26,31-32,37-45H2,1-3H3,(H,52,53)/b14-12-,20-18-,21-19-,25-23-,29-27-,30-28-,35-33-,36-34-. The molecule has 0 aliphatic rings. The van der Waals surface area contributed by atoms with E-state index in [4.69, 9.17) is 18.5 Å². The first-order valence-electron chi connectivity index (χ1n) is 22.2. The fourth-order valence-electron chi connectivity index (χ4n) is 5.31. The van der Waals surface area contributed by atoms with Gasteiger partial charge in [0.05, 0.1) is 13.2 Å². The first kappa shape index (κ1) is 54.9. The van der Waals surface area contributed by atoms with Crippen LogP contribution in [0.25, 0.3) is 0 Å². The zero-order valence-electron chi connectivity index (χ0n) is 36.5. The van der Waals surface area contributed by atoms with Gasteiger partial charge in [0, 0.05) is 19.4 Å². The summed E-state index contributed by atoms with van der Waals surface area (Å²) in [6, 6.07) is 0. The van der Waals surface area contributed by atoms with Crippen LogP contribution in [-0.2, 0) is 32.7 Å². The molecule has 2 N–H and O–H groups in total. The van der Waals surface area contributed by atoms with Crippen molar-refractivity contribution >= 4 is 19.8 Å². The van der Waals surface area contributed by atoms with E-state index in [0.29, 0.717) is 25.8 Å². The second kappa shape index (κ2) is 43.5. The molecule has 0 heterocycles. The van der Waals surface area contributed by atoms with Crippen molar-refractivity contribution in [3.63, 3.8) is 0 Å². The minimum atomic E-state index is -4.39. The average molecular weight is 830 g/mol. The van der Waals surface area contributed by atoms with Crippen LogP contribution in [0, 0.1) is 0 Å². The van der Waals surface area contributed by atoms with Gasteiger partial charge in [0.25, 0.3) is 0 Å². The van der Waals surface area contributed by atoms with Gasteiger partial charge in [0.15, 0.2) is 6.10 Å². The largest absolute Gasteiger partial charge is 0.472 e. The van der Waals surface area contributed by atoms with E-state index in [-0.39, 0.29) is 26.1 Å². The Bertz CT molecular complexity index is 1270. The molecule has 0 fully saturated rings. The maximum atomic E-state index is 12.6. The quantitative estimate of drug-likeness (QED) is 0.0269. The number of rotatable bonds is 40. The molecule has 10 heteroatoms. The molecule has 330 valence electrons. The number of likely N-dealkylation sites (N-methyl/N-ethyl adjacent to an activating group) is 1. The lowest BCUT2D eigenvalue weighted by molar-refractivity contribution is -0.161. The lowest BCUT2D eigenvalue weighted by atomic mass is 10.1. The van der Waals surface area contributed by atoms with Gasteiger partial charge in [-0.25, -0.2) is 4.57 Å². The molecule has 0 spiro atoms. The highest BCUT2D eigenvalue weighted by Gasteiger charge is 2.26. The summed E-state index contributed by atoms with van der Waals surface area (Å²) in [6.07, 6.45) is 54.8. The van der Waals surface area contributed by atoms with Crippen LogP contribution in [0.1, 0.15) is 155 Å². The lowest BCUT2D eigenvalue weighted by Gasteiger charge is -2.19. The van der Waals surface area contributed by atoms with E-state index < -0.39 is 32.5 Å². The van der Waals surface area contributed by atoms with Gasteiger partial charge >= 0.3 is 19.8 Å². The molecule has 0 aromatic carbocycles. The Morgan fingerprint density at radius 3 is 1.48 bits per heavy atom. The van der Waals surface area contributed by atoms with Crippen LogP contribution in [0.3, 0.4) is 0 Å². The van der Waals surface area contributed by atoms with Gasteiger partial charge in [-0.1, -0.05) is 156 Å². The molecule has 0 amide bonds. The van der Waals surface area contributed by atoms with Crippen LogP contribution in [0.5, 0.6) is 0 Å². The third-order valence-electron chi connectivity index (χ3n) is 8.69. The molecule has 0 aliphatic carbocycles. The Hall–Kier alpha value is -3.07. The van der Waals surface area contributed by atoms with Crippen molar-refractivity contribution in [2.75, 3.05) is 33.4 Å². The third-order valence-corrected chi connectivity index (χ3v) is 9.67. The van der Waals surface area contributed by atoms with Crippen LogP contribution in [0.4, 0.5) is 0 Å². The van der Waals surface area contributed by atoms with Gasteiger partial charge in [-0.15, -0.1) is 0 Å². The van der Waals surface area contributed by atoms with Gasteiger partial charge in [0.1, 0.15) is 6.61 Å². The second-order valence-corrected chi connectivity index (χ2v) is 15.6. The fourth-order valence-corrected chi connectivity index (χ4v) is 6.07. The topological polar surface area (TPSA) is 120 Å². The third kappa shape index (κ3) is 42.5. The summed E-state index contributed by atoms with van der Waals surface area (Å²) in [6.45, 7) is 4.02. The Morgan fingerprint density at radius 2 is 0.966 bits per heavy atom. The monoisotopic (exact) mass is 830 g/mol. The number of ether oxygens (including phenoxy) is 2. The predicted octanol–water partition coefficient (Wildman–Crippen LogP) is 12.9. The number of carbonyl (C=O) groups is 2. The molecule has 0 saturated carbocycles. The first-order chi connectivity index (χ1) is 28.3. The smallest absolute Gasteiger partial charge is 0.462 e. The molecule has 0 aromatic heterocycles. The SMILES string of the molecule is CCCCC/C=C\C/C=C\C/C=C\C/C=C\C/C=C\CCC(=O)OCC(COP(=O)(O)OCCNC)OC(=O)CCC/C=C\C/C=C\C/C=C\CCCCCCCC. The van der Waals surface area contributed by atoms with E-state index in [0.717, 1.165) is 44.9 Å². The highest BCUT2D eigenvalue weighted by atomic mass is 31.2. The minimum absolute atomic E-state index is 0.0423. The zero-order valence-corrected chi connectivity index (χ0v) is 37.3. The lowest BCUT2D eigenvalue weighted by Crippen LogP contribution is -2.29. The van der Waals surface area contributed by atoms with E-state index in [1.807, 2.05) is 18.2 Å². The molecule has 58 heavy (non-hydrogen) atoms. The molecule has 0 bridgehead atoms. The van der Waals surface area contributed by atoms with Crippen LogP contribution >= 0.6 is 7.82 Å². The number of carbonyl (C=O) groups excluding carboxylic acids is 2. The van der Waals surface area contributed by atoms with Gasteiger partial charge in [-0.05, 0) is 90.5 Å². The number of nitrogens with one attached hydrogen (secondary N) is 1. The van der Waals surface area contributed by atoms with Gasteiger partial charge in [0.2, 0.25) is 0 Å². The normalized spacial score (nSPS) is 14.2. The van der Waals surface area contributed by atoms with Gasteiger partial charge in [-0.2, -0.15) is 0 Å². The molecule has 2 unspecified atom stereocenters. The number of allylic oxidation sites excluding steroid dienone is 16. The highest BCUT2D eigenvalue weighted by molar-refractivity contribution is 7.47. The molecule has 9 nitrogen and oxygen atoms in total. The summed E-state index contributed by atoms with van der Waals surface area (Å²) < 4.78 is 33.0. The molecule has 0 rings (SSSR count). The molecule has 0 radical (unpaired) electrons. The summed E-state index contributed by atoms with van der Waals surface area (Å²) in [5, 5.41) is 2.81. The van der Waals surface area contributed by atoms with E-state index in [2.05, 4.69) is 98.2 Å². The summed E-state index contributed by atoms with van der Waals surface area (Å²) in [5.74, 6) is -0.974. The fraction of sp³-hybridized carbons (Fsp3) is 0.625. The number of unbranched alkanes of at least 4 members (excludes halogenated alkanes) is 10. The van der Waals surface area contributed by atoms with E-state index in [1.165, 1.54) is 64.2 Å². The summed E-state index contributed by atoms with van der Waals surface area (Å²) in [4.78, 5) is 35.0. The summed E-state index contributed by atoms with van der Waals surface area (Å²) in [5.41, 5.74) is 0. The van der Waals surface area contributed by atoms with E-state index in [9.17, 15) is 19.0 Å². The van der Waals surface area contributed by atoms with Crippen LogP contribution in [0.15, 0.2) is 97.2 Å². The zero-order chi connectivity index (χ0) is 42.5. The Morgan fingerprint density at radius 1 is 0.534 bits per heavy atom. The minimum Gasteiger partial charge on any atom is -0.462 e. The molecule has 0 aromatic rings. The number of esters is 2. The molecular weight excluding hydrogens is 750 g/mol. The van der Waals surface area contributed by atoms with Gasteiger partial charge in [-0.3, -0.25) is 18.6 Å². The molecule has 0 saturated heterocycles. The van der Waals surface area contributed by atoms with Crippen LogP contribution < -0.4 is 5.32 Å². The predicted molar refractivity (Wildman–Crippen MR) is 243 cm³/mol. The van der Waals surface area contributed by atoms with Crippen molar-refractivity contribution in [1.82, 2.24) is 5.32 Å². The number of hydrogen-bond acceptors (Lipinski definition) is 8. The number of phosphoric acid groups is 1. The average Bonchev–Trinajstić information content (AvgIpc) is 3.21.